The van der Waals surface area contributed by atoms with E-state index in [9.17, 15) is 14.4 Å². The number of allylic oxidation sites excluding steroid dienone is 1. The van der Waals surface area contributed by atoms with Gasteiger partial charge in [0, 0.05) is 18.9 Å². The Hall–Kier alpha value is -3.61. The zero-order valence-electron chi connectivity index (χ0n) is 19.7. The largest absolute Gasteiger partial charge is 0.481 e. The first-order valence-electron chi connectivity index (χ1n) is 11.4. The molecule has 0 saturated heterocycles. The number of benzene rings is 2. The predicted molar refractivity (Wildman–Crippen MR) is 130 cm³/mol. The second-order valence-electron chi connectivity index (χ2n) is 9.33. The average molecular weight is 465 g/mol. The van der Waals surface area contributed by atoms with Crippen LogP contribution in [0.3, 0.4) is 0 Å². The fourth-order valence-corrected chi connectivity index (χ4v) is 4.23. The van der Waals surface area contributed by atoms with E-state index in [1.165, 1.54) is 0 Å². The van der Waals surface area contributed by atoms with Crippen LogP contribution in [0.5, 0.6) is 0 Å². The van der Waals surface area contributed by atoms with Crippen molar-refractivity contribution in [2.75, 3.05) is 13.2 Å². The fourth-order valence-electron chi connectivity index (χ4n) is 4.23. The van der Waals surface area contributed by atoms with Crippen LogP contribution in [0.4, 0.5) is 4.79 Å². The van der Waals surface area contributed by atoms with Gasteiger partial charge in [-0.15, -0.1) is 6.58 Å². The second kappa shape index (κ2) is 11.0. The molecule has 1 atom stereocenters. The van der Waals surface area contributed by atoms with E-state index in [2.05, 4.69) is 17.2 Å². The van der Waals surface area contributed by atoms with E-state index in [1.54, 1.807) is 6.08 Å². The van der Waals surface area contributed by atoms with Crippen LogP contribution < -0.4 is 10.6 Å². The number of carbonyl (C=O) groups excluding carboxylic acids is 2. The van der Waals surface area contributed by atoms with Crippen molar-refractivity contribution < 1.29 is 24.2 Å². The summed E-state index contributed by atoms with van der Waals surface area (Å²) in [6, 6.07) is 15.0. The predicted octanol–water partition coefficient (Wildman–Crippen LogP) is 4.48. The standard InChI is InChI=1S/C27H32N2O5/c1-4-15-27(2,3)17-28-25(32)23(13-14-24(30)31)29-26(33)34-16-22-20-11-7-5-9-18(20)19-10-6-8-12-21(19)22/h4-12,22-23H,1,13-17H2,2-3H3,(H,28,32)(H,29,33)(H,30,31). The Labute approximate surface area is 200 Å². The molecule has 180 valence electrons. The Balaban J connectivity index is 1.63. The van der Waals surface area contributed by atoms with E-state index in [0.29, 0.717) is 13.0 Å². The second-order valence-corrected chi connectivity index (χ2v) is 9.33. The molecule has 0 fully saturated rings. The quantitative estimate of drug-likeness (QED) is 0.426. The van der Waals surface area contributed by atoms with Crippen LogP contribution in [0.25, 0.3) is 11.1 Å². The van der Waals surface area contributed by atoms with E-state index in [-0.39, 0.29) is 30.8 Å². The van der Waals surface area contributed by atoms with Gasteiger partial charge >= 0.3 is 12.1 Å². The summed E-state index contributed by atoms with van der Waals surface area (Å²) >= 11 is 0. The van der Waals surface area contributed by atoms with E-state index in [4.69, 9.17) is 9.84 Å². The van der Waals surface area contributed by atoms with Crippen molar-refractivity contribution in [1.82, 2.24) is 10.6 Å². The number of hydrogen-bond acceptors (Lipinski definition) is 4. The molecule has 0 spiro atoms. The van der Waals surface area contributed by atoms with Crippen LogP contribution in [-0.2, 0) is 14.3 Å². The summed E-state index contributed by atoms with van der Waals surface area (Å²) in [7, 11) is 0. The molecule has 3 rings (SSSR count). The lowest BCUT2D eigenvalue weighted by molar-refractivity contribution is -0.137. The molecule has 0 heterocycles. The Morgan fingerprint density at radius 2 is 1.68 bits per heavy atom. The number of nitrogens with one attached hydrogen (secondary N) is 2. The highest BCUT2D eigenvalue weighted by Crippen LogP contribution is 2.44. The highest BCUT2D eigenvalue weighted by atomic mass is 16.5. The van der Waals surface area contributed by atoms with Gasteiger partial charge in [0.2, 0.25) is 5.91 Å². The van der Waals surface area contributed by atoms with Crippen molar-refractivity contribution >= 4 is 18.0 Å². The normalized spacial score (nSPS) is 13.4. The molecule has 0 bridgehead atoms. The summed E-state index contributed by atoms with van der Waals surface area (Å²) in [6.45, 7) is 8.18. The summed E-state index contributed by atoms with van der Waals surface area (Å²) in [5, 5.41) is 14.4. The van der Waals surface area contributed by atoms with Gasteiger partial charge in [-0.05, 0) is 40.5 Å². The molecule has 2 aromatic carbocycles. The lowest BCUT2D eigenvalue weighted by Crippen LogP contribution is -2.49. The number of amides is 2. The number of alkyl carbamates (subject to hydrolysis) is 1. The summed E-state index contributed by atoms with van der Waals surface area (Å²) in [5.74, 6) is -1.59. The van der Waals surface area contributed by atoms with Crippen LogP contribution in [0.15, 0.2) is 61.2 Å². The number of carboxylic acid groups (broad SMARTS) is 1. The molecule has 7 nitrogen and oxygen atoms in total. The van der Waals surface area contributed by atoms with Crippen molar-refractivity contribution in [1.29, 1.82) is 0 Å². The third-order valence-corrected chi connectivity index (χ3v) is 6.04. The van der Waals surface area contributed by atoms with Crippen LogP contribution in [0.2, 0.25) is 0 Å². The van der Waals surface area contributed by atoms with Crippen molar-refractivity contribution in [3.63, 3.8) is 0 Å². The maximum Gasteiger partial charge on any atom is 0.407 e. The van der Waals surface area contributed by atoms with Gasteiger partial charge in [0.05, 0.1) is 0 Å². The first-order chi connectivity index (χ1) is 16.2. The Morgan fingerprint density at radius 3 is 2.24 bits per heavy atom. The third-order valence-electron chi connectivity index (χ3n) is 6.04. The minimum absolute atomic E-state index is 0.0345. The summed E-state index contributed by atoms with van der Waals surface area (Å²) in [5.41, 5.74) is 4.20. The summed E-state index contributed by atoms with van der Waals surface area (Å²) in [6.07, 6.45) is 1.44. The van der Waals surface area contributed by atoms with Crippen molar-refractivity contribution in [2.45, 2.75) is 45.1 Å². The van der Waals surface area contributed by atoms with Gasteiger partial charge < -0.3 is 20.5 Å². The molecule has 1 unspecified atom stereocenters. The number of carboxylic acids is 1. The maximum absolute atomic E-state index is 12.7. The number of hydrogen-bond donors (Lipinski definition) is 3. The van der Waals surface area contributed by atoms with Gasteiger partial charge in [-0.2, -0.15) is 0 Å². The van der Waals surface area contributed by atoms with Crippen LogP contribution in [0.1, 0.15) is 50.2 Å². The highest BCUT2D eigenvalue weighted by Gasteiger charge is 2.30. The number of ether oxygens (including phenoxy) is 1. The molecule has 34 heavy (non-hydrogen) atoms. The van der Waals surface area contributed by atoms with Gasteiger partial charge in [0.15, 0.2) is 0 Å². The van der Waals surface area contributed by atoms with E-state index in [1.807, 2.05) is 62.4 Å². The van der Waals surface area contributed by atoms with Crippen LogP contribution in [0, 0.1) is 5.41 Å². The zero-order valence-corrected chi connectivity index (χ0v) is 19.7. The smallest absolute Gasteiger partial charge is 0.407 e. The zero-order chi connectivity index (χ0) is 24.7. The molecule has 0 radical (unpaired) electrons. The minimum Gasteiger partial charge on any atom is -0.481 e. The van der Waals surface area contributed by atoms with Crippen molar-refractivity contribution in [3.05, 3.63) is 72.3 Å². The maximum atomic E-state index is 12.7. The monoisotopic (exact) mass is 464 g/mol. The lowest BCUT2D eigenvalue weighted by Gasteiger charge is -2.25. The van der Waals surface area contributed by atoms with Crippen LogP contribution in [-0.4, -0.2) is 42.3 Å². The highest BCUT2D eigenvalue weighted by molar-refractivity contribution is 5.86. The van der Waals surface area contributed by atoms with E-state index < -0.39 is 24.0 Å². The van der Waals surface area contributed by atoms with Gasteiger partial charge in [-0.25, -0.2) is 4.79 Å². The van der Waals surface area contributed by atoms with Gasteiger partial charge in [-0.1, -0.05) is 68.5 Å². The Kier molecular flexibility index (Phi) is 8.10. The molecule has 0 saturated carbocycles. The fraction of sp³-hybridized carbons (Fsp3) is 0.370. The number of aliphatic carboxylic acids is 1. The van der Waals surface area contributed by atoms with Gasteiger partial charge in [-0.3, -0.25) is 9.59 Å². The Morgan fingerprint density at radius 1 is 1.09 bits per heavy atom. The topological polar surface area (TPSA) is 105 Å². The first kappa shape index (κ1) is 25.0. The van der Waals surface area contributed by atoms with E-state index in [0.717, 1.165) is 22.3 Å². The van der Waals surface area contributed by atoms with Gasteiger partial charge in [0.25, 0.3) is 0 Å². The third kappa shape index (κ3) is 6.25. The van der Waals surface area contributed by atoms with Gasteiger partial charge in [0.1, 0.15) is 12.6 Å². The van der Waals surface area contributed by atoms with Crippen molar-refractivity contribution in [2.24, 2.45) is 5.41 Å². The molecule has 0 aliphatic heterocycles. The summed E-state index contributed by atoms with van der Waals surface area (Å²) < 4.78 is 5.52. The molecule has 1 aliphatic carbocycles. The number of rotatable bonds is 11. The average Bonchev–Trinajstić information content (AvgIpc) is 3.12. The van der Waals surface area contributed by atoms with Crippen LogP contribution >= 0.6 is 0 Å². The minimum atomic E-state index is -1.04. The molecule has 1 aliphatic rings. The Bertz CT molecular complexity index is 1020. The molecule has 0 aromatic heterocycles. The molecule has 2 aromatic rings. The van der Waals surface area contributed by atoms with Crippen molar-refractivity contribution in [3.8, 4) is 11.1 Å². The first-order valence-corrected chi connectivity index (χ1v) is 11.4. The molecule has 2 amide bonds. The summed E-state index contributed by atoms with van der Waals surface area (Å²) in [4.78, 5) is 36.4. The SMILES string of the molecule is C=CCC(C)(C)CNC(=O)C(CCC(=O)O)NC(=O)OCC1c2ccccc2-c2ccccc21. The number of fused-ring (bicyclic) bond motifs is 3. The number of carbonyl (C=O) groups is 3. The molecule has 7 heteroatoms. The molecular weight excluding hydrogens is 432 g/mol. The molecular formula is C27H32N2O5. The lowest BCUT2D eigenvalue weighted by atomic mass is 9.89. The van der Waals surface area contributed by atoms with E-state index >= 15 is 0 Å². The molecule has 3 N–H and O–H groups in total.